The first-order chi connectivity index (χ1) is 7.97. The van der Waals surface area contributed by atoms with Gasteiger partial charge in [0.15, 0.2) is 0 Å². The normalized spacial score (nSPS) is 14.7. The Morgan fingerprint density at radius 1 is 1.24 bits per heavy atom. The highest BCUT2D eigenvalue weighted by Gasteiger charge is 2.18. The number of hydrogen-bond acceptors (Lipinski definition) is 1. The third-order valence-electron chi connectivity index (χ3n) is 3.52. The lowest BCUT2D eigenvalue weighted by molar-refractivity contribution is 0.420. The van der Waals surface area contributed by atoms with E-state index >= 15 is 0 Å². The van der Waals surface area contributed by atoms with Crippen LogP contribution < -0.4 is 5.73 Å². The summed E-state index contributed by atoms with van der Waals surface area (Å²) in [6.07, 6.45) is 3.53. The molecule has 1 aromatic carbocycles. The highest BCUT2D eigenvalue weighted by Crippen LogP contribution is 2.29. The maximum atomic E-state index is 13.2. The standard InChI is InChI=1S/C15H24FN/c1-5-6-7-10(2)15(17)14-11(3)8-13(16)9-12(14)4/h8-10,15H,5-7,17H2,1-4H3. The summed E-state index contributed by atoms with van der Waals surface area (Å²) in [6, 6.07) is 3.17. The van der Waals surface area contributed by atoms with Gasteiger partial charge in [0, 0.05) is 6.04 Å². The van der Waals surface area contributed by atoms with E-state index in [0.717, 1.165) is 23.1 Å². The Kier molecular flexibility index (Phi) is 5.13. The summed E-state index contributed by atoms with van der Waals surface area (Å²) in [4.78, 5) is 0. The zero-order valence-electron chi connectivity index (χ0n) is 11.4. The third kappa shape index (κ3) is 3.53. The van der Waals surface area contributed by atoms with Gasteiger partial charge in [0.25, 0.3) is 0 Å². The van der Waals surface area contributed by atoms with Crippen LogP contribution in [0.5, 0.6) is 0 Å². The molecule has 1 rings (SSSR count). The Bertz CT molecular complexity index is 350. The lowest BCUT2D eigenvalue weighted by atomic mass is 9.86. The molecule has 0 saturated heterocycles. The molecule has 2 heteroatoms. The van der Waals surface area contributed by atoms with E-state index in [2.05, 4.69) is 13.8 Å². The van der Waals surface area contributed by atoms with Crippen molar-refractivity contribution >= 4 is 0 Å². The van der Waals surface area contributed by atoms with Gasteiger partial charge in [0.1, 0.15) is 5.82 Å². The van der Waals surface area contributed by atoms with E-state index in [0.29, 0.717) is 5.92 Å². The van der Waals surface area contributed by atoms with E-state index < -0.39 is 0 Å². The zero-order chi connectivity index (χ0) is 13.0. The molecule has 0 heterocycles. The number of unbranched alkanes of at least 4 members (excludes halogenated alkanes) is 1. The summed E-state index contributed by atoms with van der Waals surface area (Å²) < 4.78 is 13.2. The Labute approximate surface area is 104 Å². The van der Waals surface area contributed by atoms with Crippen LogP contribution in [0.4, 0.5) is 4.39 Å². The molecule has 17 heavy (non-hydrogen) atoms. The molecule has 0 aliphatic heterocycles. The molecule has 2 atom stereocenters. The average molecular weight is 237 g/mol. The molecule has 0 spiro atoms. The Hall–Kier alpha value is -0.890. The van der Waals surface area contributed by atoms with Crippen molar-refractivity contribution < 1.29 is 4.39 Å². The minimum Gasteiger partial charge on any atom is -0.324 e. The molecule has 0 radical (unpaired) electrons. The fourth-order valence-electron chi connectivity index (χ4n) is 2.44. The van der Waals surface area contributed by atoms with Gasteiger partial charge in [-0.2, -0.15) is 0 Å². The Balaban J connectivity index is 2.91. The van der Waals surface area contributed by atoms with Crippen LogP contribution in [-0.4, -0.2) is 0 Å². The van der Waals surface area contributed by atoms with E-state index in [1.165, 1.54) is 12.8 Å². The molecule has 0 aliphatic rings. The summed E-state index contributed by atoms with van der Waals surface area (Å²) in [5, 5.41) is 0. The van der Waals surface area contributed by atoms with Gasteiger partial charge < -0.3 is 5.73 Å². The van der Waals surface area contributed by atoms with Crippen molar-refractivity contribution in [3.05, 3.63) is 34.6 Å². The minimum absolute atomic E-state index is 0.0159. The van der Waals surface area contributed by atoms with Crippen molar-refractivity contribution in [2.75, 3.05) is 0 Å². The van der Waals surface area contributed by atoms with E-state index in [9.17, 15) is 4.39 Å². The van der Waals surface area contributed by atoms with Gasteiger partial charge >= 0.3 is 0 Å². The van der Waals surface area contributed by atoms with Crippen molar-refractivity contribution in [2.45, 2.75) is 53.0 Å². The monoisotopic (exact) mass is 237 g/mol. The highest BCUT2D eigenvalue weighted by atomic mass is 19.1. The maximum absolute atomic E-state index is 13.2. The van der Waals surface area contributed by atoms with Gasteiger partial charge in [-0.1, -0.05) is 26.7 Å². The lowest BCUT2D eigenvalue weighted by Crippen LogP contribution is -2.21. The fourth-order valence-corrected chi connectivity index (χ4v) is 2.44. The topological polar surface area (TPSA) is 26.0 Å². The summed E-state index contributed by atoms with van der Waals surface area (Å²) >= 11 is 0. The van der Waals surface area contributed by atoms with Gasteiger partial charge in [0.2, 0.25) is 0 Å². The largest absolute Gasteiger partial charge is 0.324 e. The van der Waals surface area contributed by atoms with Crippen LogP contribution in [0, 0.1) is 25.6 Å². The SMILES string of the molecule is CCCCC(C)C(N)c1c(C)cc(F)cc1C. The summed E-state index contributed by atoms with van der Waals surface area (Å²) in [7, 11) is 0. The number of halogens is 1. The van der Waals surface area contributed by atoms with E-state index in [4.69, 9.17) is 5.73 Å². The third-order valence-corrected chi connectivity index (χ3v) is 3.52. The summed E-state index contributed by atoms with van der Waals surface area (Å²) in [5.74, 6) is 0.273. The molecule has 0 amide bonds. The number of nitrogens with two attached hydrogens (primary N) is 1. The van der Waals surface area contributed by atoms with Crippen LogP contribution in [0.3, 0.4) is 0 Å². The second kappa shape index (κ2) is 6.15. The predicted octanol–water partition coefficient (Wildman–Crippen LogP) is 4.27. The number of benzene rings is 1. The Morgan fingerprint density at radius 2 is 1.76 bits per heavy atom. The highest BCUT2D eigenvalue weighted by molar-refractivity contribution is 5.37. The molecule has 0 fully saturated rings. The van der Waals surface area contributed by atoms with Crippen molar-refractivity contribution in [1.82, 2.24) is 0 Å². The predicted molar refractivity (Wildman–Crippen MR) is 71.5 cm³/mol. The lowest BCUT2D eigenvalue weighted by Gasteiger charge is -2.24. The van der Waals surface area contributed by atoms with E-state index in [-0.39, 0.29) is 11.9 Å². The van der Waals surface area contributed by atoms with Gasteiger partial charge in [-0.25, -0.2) is 4.39 Å². The van der Waals surface area contributed by atoms with Crippen molar-refractivity contribution in [2.24, 2.45) is 11.7 Å². The van der Waals surface area contributed by atoms with Crippen LogP contribution in [0.2, 0.25) is 0 Å². The van der Waals surface area contributed by atoms with Gasteiger partial charge in [0.05, 0.1) is 0 Å². The molecule has 1 aromatic rings. The zero-order valence-corrected chi connectivity index (χ0v) is 11.4. The first kappa shape index (κ1) is 14.2. The number of aryl methyl sites for hydroxylation is 2. The molecule has 0 aliphatic carbocycles. The van der Waals surface area contributed by atoms with Gasteiger partial charge in [-0.05, 0) is 55.0 Å². The van der Waals surface area contributed by atoms with E-state index in [1.807, 2.05) is 13.8 Å². The second-order valence-electron chi connectivity index (χ2n) is 5.10. The molecule has 0 saturated carbocycles. The molecule has 2 unspecified atom stereocenters. The minimum atomic E-state index is -0.169. The number of rotatable bonds is 5. The molecule has 0 aromatic heterocycles. The fraction of sp³-hybridized carbons (Fsp3) is 0.600. The van der Waals surface area contributed by atoms with Crippen LogP contribution in [-0.2, 0) is 0 Å². The maximum Gasteiger partial charge on any atom is 0.123 e. The molecule has 1 nitrogen and oxygen atoms in total. The van der Waals surface area contributed by atoms with Crippen LogP contribution in [0.15, 0.2) is 12.1 Å². The Morgan fingerprint density at radius 3 is 2.24 bits per heavy atom. The van der Waals surface area contributed by atoms with Crippen LogP contribution in [0.1, 0.15) is 55.8 Å². The molecular formula is C15H24FN. The first-order valence-electron chi connectivity index (χ1n) is 6.49. The average Bonchev–Trinajstić information content (AvgIpc) is 2.24. The first-order valence-corrected chi connectivity index (χ1v) is 6.49. The molecule has 0 bridgehead atoms. The second-order valence-corrected chi connectivity index (χ2v) is 5.10. The molecular weight excluding hydrogens is 213 g/mol. The number of hydrogen-bond donors (Lipinski definition) is 1. The van der Waals surface area contributed by atoms with Crippen molar-refractivity contribution in [1.29, 1.82) is 0 Å². The van der Waals surface area contributed by atoms with Crippen molar-refractivity contribution in [3.63, 3.8) is 0 Å². The smallest absolute Gasteiger partial charge is 0.123 e. The quantitative estimate of drug-likeness (QED) is 0.813. The molecule has 96 valence electrons. The van der Waals surface area contributed by atoms with Crippen LogP contribution in [0.25, 0.3) is 0 Å². The van der Waals surface area contributed by atoms with E-state index in [1.54, 1.807) is 12.1 Å². The summed E-state index contributed by atoms with van der Waals surface area (Å²) in [5.41, 5.74) is 9.37. The summed E-state index contributed by atoms with van der Waals surface area (Å²) in [6.45, 7) is 8.25. The van der Waals surface area contributed by atoms with Gasteiger partial charge in [-0.15, -0.1) is 0 Å². The van der Waals surface area contributed by atoms with Crippen LogP contribution >= 0.6 is 0 Å². The molecule has 2 N–H and O–H groups in total. The van der Waals surface area contributed by atoms with Gasteiger partial charge in [-0.3, -0.25) is 0 Å². The van der Waals surface area contributed by atoms with Crippen molar-refractivity contribution in [3.8, 4) is 0 Å².